The van der Waals surface area contributed by atoms with E-state index < -0.39 is 0 Å². The van der Waals surface area contributed by atoms with Gasteiger partial charge in [-0.3, -0.25) is 0 Å². The summed E-state index contributed by atoms with van der Waals surface area (Å²) in [5.74, 6) is 1.15. The Hall–Kier alpha value is -1.51. The zero-order chi connectivity index (χ0) is 10.6. The van der Waals surface area contributed by atoms with Gasteiger partial charge in [0.25, 0.3) is 0 Å². The van der Waals surface area contributed by atoms with Crippen molar-refractivity contribution in [3.63, 3.8) is 0 Å². The lowest BCUT2D eigenvalue weighted by Crippen LogP contribution is -2.01. The van der Waals surface area contributed by atoms with Crippen LogP contribution in [0.15, 0.2) is 18.2 Å². The Morgan fingerprint density at radius 2 is 1.71 bits per heavy atom. The second-order valence-corrected chi connectivity index (χ2v) is 3.00. The molecule has 1 atom stereocenters. The van der Waals surface area contributed by atoms with Crippen LogP contribution in [0.2, 0.25) is 0 Å². The van der Waals surface area contributed by atoms with Gasteiger partial charge in [-0.15, -0.1) is 0 Å². The highest BCUT2D eigenvalue weighted by molar-refractivity contribution is 5.66. The number of methoxy groups -OCH3 is 2. The van der Waals surface area contributed by atoms with Crippen molar-refractivity contribution in [2.45, 2.75) is 12.8 Å². The van der Waals surface area contributed by atoms with Crippen molar-refractivity contribution < 1.29 is 14.3 Å². The maximum atomic E-state index is 10.7. The summed E-state index contributed by atoms with van der Waals surface area (Å²) in [5, 5.41) is 0. The fourth-order valence-electron chi connectivity index (χ4n) is 1.40. The molecule has 0 aliphatic heterocycles. The third-order valence-electron chi connectivity index (χ3n) is 2.13. The molecule has 0 amide bonds. The molecular formula is C11H14O3. The summed E-state index contributed by atoms with van der Waals surface area (Å²) in [5.41, 5.74) is 0.799. The van der Waals surface area contributed by atoms with Crippen LogP contribution in [0.5, 0.6) is 11.5 Å². The quantitative estimate of drug-likeness (QED) is 0.688. The lowest BCUT2D eigenvalue weighted by atomic mass is 10.0. The second kappa shape index (κ2) is 4.65. The van der Waals surface area contributed by atoms with Crippen molar-refractivity contribution in [1.82, 2.24) is 0 Å². The van der Waals surface area contributed by atoms with Crippen LogP contribution in [0.1, 0.15) is 18.4 Å². The molecule has 76 valence electrons. The van der Waals surface area contributed by atoms with Gasteiger partial charge < -0.3 is 14.3 Å². The summed E-state index contributed by atoms with van der Waals surface area (Å²) in [7, 11) is 3.16. The molecule has 0 saturated heterocycles. The molecule has 0 spiro atoms. The number of carbonyl (C=O) groups excluding carboxylic acids is 1. The van der Waals surface area contributed by atoms with Crippen LogP contribution in [0, 0.1) is 0 Å². The van der Waals surface area contributed by atoms with Gasteiger partial charge in [-0.1, -0.05) is 13.0 Å². The van der Waals surface area contributed by atoms with Crippen LogP contribution in [0.25, 0.3) is 0 Å². The Labute approximate surface area is 83.6 Å². The summed E-state index contributed by atoms with van der Waals surface area (Å²) < 4.78 is 10.3. The first-order valence-corrected chi connectivity index (χ1v) is 4.40. The van der Waals surface area contributed by atoms with Gasteiger partial charge in [-0.25, -0.2) is 0 Å². The van der Waals surface area contributed by atoms with Crippen molar-refractivity contribution in [3.8, 4) is 11.5 Å². The molecule has 1 aromatic rings. The van der Waals surface area contributed by atoms with E-state index in [4.69, 9.17) is 9.47 Å². The molecule has 0 bridgehead atoms. The maximum Gasteiger partial charge on any atom is 0.127 e. The molecule has 0 fully saturated rings. The number of aldehydes is 1. The van der Waals surface area contributed by atoms with Gasteiger partial charge in [-0.05, 0) is 12.1 Å². The van der Waals surface area contributed by atoms with Gasteiger partial charge in [-0.2, -0.15) is 0 Å². The fourth-order valence-corrected chi connectivity index (χ4v) is 1.40. The number of benzene rings is 1. The molecule has 1 aromatic carbocycles. The Kier molecular flexibility index (Phi) is 3.51. The highest BCUT2D eigenvalue weighted by atomic mass is 16.5. The van der Waals surface area contributed by atoms with E-state index in [1.54, 1.807) is 14.2 Å². The minimum absolute atomic E-state index is 0.221. The monoisotopic (exact) mass is 194 g/mol. The summed E-state index contributed by atoms with van der Waals surface area (Å²) in [4.78, 5) is 10.7. The minimum Gasteiger partial charge on any atom is -0.496 e. The number of hydrogen-bond acceptors (Lipinski definition) is 3. The first kappa shape index (κ1) is 10.6. The van der Waals surface area contributed by atoms with E-state index in [1.807, 2.05) is 25.1 Å². The standard InChI is InChI=1S/C11H14O3/c1-8(7-12)11-9(13-2)5-4-6-10(11)14-3/h4-8H,1-3H3. The minimum atomic E-state index is -0.221. The van der Waals surface area contributed by atoms with E-state index in [2.05, 4.69) is 0 Å². The highest BCUT2D eigenvalue weighted by Crippen LogP contribution is 2.33. The zero-order valence-corrected chi connectivity index (χ0v) is 8.61. The molecule has 0 aliphatic carbocycles. The topological polar surface area (TPSA) is 35.5 Å². The van der Waals surface area contributed by atoms with Gasteiger partial charge in [0.05, 0.1) is 14.2 Å². The molecule has 0 aliphatic rings. The molecule has 0 heterocycles. The van der Waals surface area contributed by atoms with Gasteiger partial charge >= 0.3 is 0 Å². The van der Waals surface area contributed by atoms with Crippen molar-refractivity contribution >= 4 is 6.29 Å². The largest absolute Gasteiger partial charge is 0.496 e. The molecule has 0 saturated carbocycles. The Balaban J connectivity index is 3.25. The van der Waals surface area contributed by atoms with E-state index >= 15 is 0 Å². The lowest BCUT2D eigenvalue weighted by molar-refractivity contribution is -0.108. The van der Waals surface area contributed by atoms with E-state index in [9.17, 15) is 4.79 Å². The molecule has 14 heavy (non-hydrogen) atoms. The Morgan fingerprint density at radius 1 is 1.21 bits per heavy atom. The van der Waals surface area contributed by atoms with Crippen molar-refractivity contribution in [1.29, 1.82) is 0 Å². The predicted molar refractivity (Wildman–Crippen MR) is 54.0 cm³/mol. The molecule has 1 rings (SSSR count). The van der Waals surface area contributed by atoms with E-state index in [0.29, 0.717) is 11.5 Å². The first-order chi connectivity index (χ1) is 6.74. The highest BCUT2D eigenvalue weighted by Gasteiger charge is 2.15. The SMILES string of the molecule is COc1cccc(OC)c1C(C)C=O. The molecule has 0 N–H and O–H groups in total. The average Bonchev–Trinajstić information content (AvgIpc) is 2.26. The zero-order valence-electron chi connectivity index (χ0n) is 8.61. The van der Waals surface area contributed by atoms with Crippen molar-refractivity contribution in [2.75, 3.05) is 14.2 Å². The summed E-state index contributed by atoms with van der Waals surface area (Å²) in [6.07, 6.45) is 0.875. The average molecular weight is 194 g/mol. The normalized spacial score (nSPS) is 11.9. The van der Waals surface area contributed by atoms with Crippen LogP contribution >= 0.6 is 0 Å². The first-order valence-electron chi connectivity index (χ1n) is 4.40. The number of ether oxygens (including phenoxy) is 2. The third kappa shape index (κ3) is 1.87. The van der Waals surface area contributed by atoms with E-state index in [0.717, 1.165) is 11.8 Å². The van der Waals surface area contributed by atoms with Crippen molar-refractivity contribution in [3.05, 3.63) is 23.8 Å². The van der Waals surface area contributed by atoms with Gasteiger partial charge in [0.1, 0.15) is 17.8 Å². The van der Waals surface area contributed by atoms with Gasteiger partial charge in [0.15, 0.2) is 0 Å². The summed E-state index contributed by atoms with van der Waals surface area (Å²) in [6.45, 7) is 1.81. The fraction of sp³-hybridized carbons (Fsp3) is 0.364. The van der Waals surface area contributed by atoms with E-state index in [-0.39, 0.29) is 5.92 Å². The number of rotatable bonds is 4. The summed E-state index contributed by atoms with van der Waals surface area (Å²) in [6, 6.07) is 5.47. The lowest BCUT2D eigenvalue weighted by Gasteiger charge is -2.14. The van der Waals surface area contributed by atoms with Crippen LogP contribution in [-0.2, 0) is 4.79 Å². The molecule has 3 heteroatoms. The van der Waals surface area contributed by atoms with Gasteiger partial charge in [0.2, 0.25) is 0 Å². The Bertz CT molecular complexity index is 298. The maximum absolute atomic E-state index is 10.7. The summed E-state index contributed by atoms with van der Waals surface area (Å²) >= 11 is 0. The second-order valence-electron chi connectivity index (χ2n) is 3.00. The molecule has 0 aromatic heterocycles. The predicted octanol–water partition coefficient (Wildman–Crippen LogP) is 2.01. The molecule has 1 unspecified atom stereocenters. The van der Waals surface area contributed by atoms with Crippen LogP contribution in [0.3, 0.4) is 0 Å². The van der Waals surface area contributed by atoms with Crippen LogP contribution in [0.4, 0.5) is 0 Å². The number of carbonyl (C=O) groups is 1. The third-order valence-corrected chi connectivity index (χ3v) is 2.13. The smallest absolute Gasteiger partial charge is 0.127 e. The number of hydrogen-bond donors (Lipinski definition) is 0. The van der Waals surface area contributed by atoms with Gasteiger partial charge in [0, 0.05) is 11.5 Å². The van der Waals surface area contributed by atoms with Crippen molar-refractivity contribution in [2.24, 2.45) is 0 Å². The molecule has 3 nitrogen and oxygen atoms in total. The van der Waals surface area contributed by atoms with Crippen LogP contribution < -0.4 is 9.47 Å². The molecule has 0 radical (unpaired) electrons. The van der Waals surface area contributed by atoms with Crippen LogP contribution in [-0.4, -0.2) is 20.5 Å². The Morgan fingerprint density at radius 3 is 2.07 bits per heavy atom. The molecular weight excluding hydrogens is 180 g/mol. The van der Waals surface area contributed by atoms with E-state index in [1.165, 1.54) is 0 Å².